The third-order valence-electron chi connectivity index (χ3n) is 6.20. The molecule has 4 rings (SSSR count). The fraction of sp³-hybridized carbons (Fsp3) is 0.429. The van der Waals surface area contributed by atoms with Crippen LogP contribution in [0.4, 0.5) is 14.9 Å². The molecule has 2 N–H and O–H groups in total. The topological polar surface area (TPSA) is 94.2 Å². The number of rotatable bonds is 11. The Kier molecular flexibility index (Phi) is 10.1. The molecule has 0 radical (unpaired) electrons. The van der Waals surface area contributed by atoms with E-state index in [1.807, 2.05) is 13.8 Å². The molecule has 2 heterocycles. The Morgan fingerprint density at radius 3 is 2.79 bits per heavy atom. The Hall–Kier alpha value is -3.28. The first-order valence-electron chi connectivity index (χ1n) is 13.0. The first kappa shape index (κ1) is 28.7. The number of benzene rings is 2. The third kappa shape index (κ3) is 7.87. The first-order valence-corrected chi connectivity index (χ1v) is 13.6. The molecule has 0 bridgehead atoms. The Labute approximate surface area is 233 Å². The summed E-state index contributed by atoms with van der Waals surface area (Å²) in [5, 5.41) is 5.89. The van der Waals surface area contributed by atoms with Gasteiger partial charge in [0.2, 0.25) is 0 Å². The summed E-state index contributed by atoms with van der Waals surface area (Å²) in [5.74, 6) is 1.24. The highest BCUT2D eigenvalue weighted by molar-refractivity contribution is 7.80. The van der Waals surface area contributed by atoms with Crippen LogP contribution < -0.4 is 24.8 Å². The number of methoxy groups -OCH3 is 1. The number of ether oxygens (including phenoxy) is 4. The van der Waals surface area contributed by atoms with Crippen molar-refractivity contribution in [3.63, 3.8) is 0 Å². The highest BCUT2D eigenvalue weighted by Crippen LogP contribution is 2.37. The quantitative estimate of drug-likeness (QED) is 0.213. The van der Waals surface area contributed by atoms with E-state index in [2.05, 4.69) is 33.1 Å². The van der Waals surface area contributed by atoms with Gasteiger partial charge in [0.25, 0.3) is 0 Å². The average Bonchev–Trinajstić information content (AvgIpc) is 2.89. The number of thiol groups is 1. The van der Waals surface area contributed by atoms with Crippen molar-refractivity contribution >= 4 is 35.3 Å². The van der Waals surface area contributed by atoms with Crippen molar-refractivity contribution in [2.75, 3.05) is 45.2 Å². The second-order valence-electron chi connectivity index (χ2n) is 9.32. The number of unbranched alkanes of at least 4 members (excludes halogenated alkanes) is 1. The minimum Gasteiger partial charge on any atom is -0.493 e. The van der Waals surface area contributed by atoms with Gasteiger partial charge in [0.05, 0.1) is 24.4 Å². The van der Waals surface area contributed by atoms with Gasteiger partial charge in [-0.3, -0.25) is 9.88 Å². The van der Waals surface area contributed by atoms with Gasteiger partial charge >= 0.3 is 6.03 Å². The molecule has 2 amide bonds. The lowest BCUT2D eigenvalue weighted by Crippen LogP contribution is -2.45. The number of morpholine rings is 1. The predicted octanol–water partition coefficient (Wildman–Crippen LogP) is 5.45. The van der Waals surface area contributed by atoms with E-state index in [-0.39, 0.29) is 23.0 Å². The molecule has 1 aliphatic heterocycles. The van der Waals surface area contributed by atoms with Crippen LogP contribution in [0, 0.1) is 5.82 Å². The summed E-state index contributed by atoms with van der Waals surface area (Å²) >= 11 is 4.44. The van der Waals surface area contributed by atoms with E-state index in [9.17, 15) is 9.18 Å². The van der Waals surface area contributed by atoms with Gasteiger partial charge in [-0.25, -0.2) is 9.18 Å². The van der Waals surface area contributed by atoms with Gasteiger partial charge < -0.3 is 29.6 Å². The molecule has 1 saturated heterocycles. The van der Waals surface area contributed by atoms with Gasteiger partial charge in [-0.15, -0.1) is 12.6 Å². The molecule has 0 aliphatic carbocycles. The zero-order valence-electron chi connectivity index (χ0n) is 22.4. The smallest absolute Gasteiger partial charge is 0.319 e. The third-order valence-corrected chi connectivity index (χ3v) is 6.49. The molecule has 9 nitrogen and oxygen atoms in total. The number of nitrogens with zero attached hydrogens (tertiary/aromatic N) is 2. The van der Waals surface area contributed by atoms with Crippen LogP contribution in [0.3, 0.4) is 0 Å². The summed E-state index contributed by atoms with van der Waals surface area (Å²) in [5.41, 5.74) is 0.597. The lowest BCUT2D eigenvalue weighted by Gasteiger charge is -2.34. The van der Waals surface area contributed by atoms with Crippen molar-refractivity contribution in [1.82, 2.24) is 15.2 Å². The van der Waals surface area contributed by atoms with E-state index < -0.39 is 11.8 Å². The van der Waals surface area contributed by atoms with Gasteiger partial charge in [-0.2, -0.15) is 0 Å². The molecular formula is C28H35FN4O5S. The molecule has 2 unspecified atom stereocenters. The van der Waals surface area contributed by atoms with Crippen molar-refractivity contribution < 1.29 is 28.1 Å². The second kappa shape index (κ2) is 13.7. The van der Waals surface area contributed by atoms with Crippen molar-refractivity contribution in [2.24, 2.45) is 0 Å². The van der Waals surface area contributed by atoms with E-state index in [0.29, 0.717) is 41.3 Å². The summed E-state index contributed by atoms with van der Waals surface area (Å²) in [6.07, 6.45) is 3.54. The van der Waals surface area contributed by atoms with E-state index in [4.69, 9.17) is 18.9 Å². The molecule has 11 heteroatoms. The van der Waals surface area contributed by atoms with E-state index >= 15 is 0 Å². The zero-order chi connectivity index (χ0) is 27.8. The Balaban J connectivity index is 1.44. The van der Waals surface area contributed by atoms with Crippen LogP contribution in [0.1, 0.15) is 26.7 Å². The molecule has 3 aromatic rings. The lowest BCUT2D eigenvalue weighted by atomic mass is 10.1. The number of anilines is 1. The van der Waals surface area contributed by atoms with Gasteiger partial charge in [-0.05, 0) is 37.6 Å². The van der Waals surface area contributed by atoms with E-state index in [0.717, 1.165) is 32.5 Å². The number of aromatic nitrogens is 1. The fourth-order valence-electron chi connectivity index (χ4n) is 4.30. The molecule has 1 aliphatic rings. The van der Waals surface area contributed by atoms with Crippen LogP contribution in [0.5, 0.6) is 23.0 Å². The number of carbonyl (C=O) groups excluding carboxylic acids is 1. The SMILES string of the molecule is CCCCNC(=O)Nc1ccc(Oc2ccnc3cc(OCCN4CC(C)OC(S)C4)c(OC)cc23)cc1F. The van der Waals surface area contributed by atoms with Crippen LogP contribution in [-0.2, 0) is 4.74 Å². The maximum absolute atomic E-state index is 14.7. The molecule has 1 aromatic heterocycles. The van der Waals surface area contributed by atoms with Crippen LogP contribution >= 0.6 is 12.6 Å². The number of urea groups is 1. The number of halogens is 1. The minimum absolute atomic E-state index is 0.0656. The molecule has 210 valence electrons. The van der Waals surface area contributed by atoms with Gasteiger partial charge in [-0.1, -0.05) is 13.3 Å². The van der Waals surface area contributed by atoms with E-state index in [1.165, 1.54) is 12.1 Å². The Morgan fingerprint density at radius 2 is 2.05 bits per heavy atom. The lowest BCUT2D eigenvalue weighted by molar-refractivity contribution is -0.0378. The predicted molar refractivity (Wildman–Crippen MR) is 152 cm³/mol. The van der Waals surface area contributed by atoms with Crippen LogP contribution in [-0.4, -0.2) is 67.4 Å². The fourth-order valence-corrected chi connectivity index (χ4v) is 4.74. The first-order chi connectivity index (χ1) is 18.9. The van der Waals surface area contributed by atoms with Crippen molar-refractivity contribution in [3.8, 4) is 23.0 Å². The number of fused-ring (bicyclic) bond motifs is 1. The largest absolute Gasteiger partial charge is 0.493 e. The molecule has 39 heavy (non-hydrogen) atoms. The molecule has 0 saturated carbocycles. The maximum Gasteiger partial charge on any atom is 0.319 e. The summed E-state index contributed by atoms with van der Waals surface area (Å²) in [6, 6.07) is 9.12. The van der Waals surface area contributed by atoms with Crippen molar-refractivity contribution in [3.05, 3.63) is 48.4 Å². The second-order valence-corrected chi connectivity index (χ2v) is 9.89. The normalized spacial score (nSPS) is 17.6. The molecule has 2 aromatic carbocycles. The summed E-state index contributed by atoms with van der Waals surface area (Å²) in [4.78, 5) is 18.7. The highest BCUT2D eigenvalue weighted by atomic mass is 32.1. The highest BCUT2D eigenvalue weighted by Gasteiger charge is 2.22. The number of carbonyl (C=O) groups is 1. The van der Waals surface area contributed by atoms with Crippen LogP contribution in [0.25, 0.3) is 10.9 Å². The summed E-state index contributed by atoms with van der Waals surface area (Å²) < 4.78 is 38.0. The van der Waals surface area contributed by atoms with Crippen molar-refractivity contribution in [2.45, 2.75) is 38.2 Å². The molecule has 2 atom stereocenters. The summed E-state index contributed by atoms with van der Waals surface area (Å²) in [7, 11) is 1.57. The van der Waals surface area contributed by atoms with Gasteiger partial charge in [0, 0.05) is 49.9 Å². The Bertz CT molecular complexity index is 1270. The number of pyridine rings is 1. The monoisotopic (exact) mass is 558 g/mol. The maximum atomic E-state index is 14.7. The van der Waals surface area contributed by atoms with Gasteiger partial charge in [0.1, 0.15) is 29.4 Å². The van der Waals surface area contributed by atoms with Crippen LogP contribution in [0.2, 0.25) is 0 Å². The Morgan fingerprint density at radius 1 is 1.21 bits per heavy atom. The number of amides is 2. The molecule has 1 fully saturated rings. The number of nitrogens with one attached hydrogen (secondary N) is 2. The number of hydrogen-bond donors (Lipinski definition) is 3. The molecule has 0 spiro atoms. The molecular weight excluding hydrogens is 523 g/mol. The summed E-state index contributed by atoms with van der Waals surface area (Å²) in [6.45, 7) is 7.32. The van der Waals surface area contributed by atoms with Crippen molar-refractivity contribution in [1.29, 1.82) is 0 Å². The zero-order valence-corrected chi connectivity index (χ0v) is 23.3. The van der Waals surface area contributed by atoms with Crippen LogP contribution in [0.15, 0.2) is 42.6 Å². The standard InChI is InChI=1S/C28H35FN4O5S/c1-4-5-9-31-28(34)32-22-7-6-19(13-21(22)29)38-24-8-10-30-23-15-26(25(35-3)14-20(23)24)36-12-11-33-16-18(2)37-27(39)17-33/h6-8,10,13-15,18,27,39H,4-5,9,11-12,16-17H2,1-3H3,(H2,31,32,34). The number of hydrogen-bond acceptors (Lipinski definition) is 8. The van der Waals surface area contributed by atoms with E-state index in [1.54, 1.807) is 37.6 Å². The average molecular weight is 559 g/mol. The van der Waals surface area contributed by atoms with Gasteiger partial charge in [0.15, 0.2) is 11.5 Å². The minimum atomic E-state index is -0.608.